The monoisotopic (exact) mass is 427 g/mol. The van der Waals surface area contributed by atoms with Gasteiger partial charge in [-0.2, -0.15) is 0 Å². The van der Waals surface area contributed by atoms with Crippen LogP contribution in [-0.2, 0) is 16.1 Å². The van der Waals surface area contributed by atoms with Gasteiger partial charge in [0, 0.05) is 43.1 Å². The summed E-state index contributed by atoms with van der Waals surface area (Å²) in [6.07, 6.45) is 5.81. The highest BCUT2D eigenvalue weighted by Crippen LogP contribution is 2.24. The molecule has 2 aliphatic rings. The fourth-order valence-corrected chi connectivity index (χ4v) is 4.30. The van der Waals surface area contributed by atoms with Crippen molar-refractivity contribution in [2.45, 2.75) is 37.9 Å². The number of aromatic nitrogens is 1. The van der Waals surface area contributed by atoms with Crippen molar-refractivity contribution in [3.8, 4) is 0 Å². The van der Waals surface area contributed by atoms with Crippen molar-refractivity contribution in [1.29, 1.82) is 0 Å². The van der Waals surface area contributed by atoms with Crippen LogP contribution in [-0.4, -0.2) is 40.8 Å². The summed E-state index contributed by atoms with van der Waals surface area (Å²) < 4.78 is 0. The minimum atomic E-state index is -0.305. The largest absolute Gasteiger partial charge is 0.352 e. The summed E-state index contributed by atoms with van der Waals surface area (Å²) in [5.74, 6) is -0.190. The Hall–Kier alpha value is -2.48. The van der Waals surface area contributed by atoms with Crippen LogP contribution in [0.15, 0.2) is 48.8 Å². The van der Waals surface area contributed by atoms with E-state index in [9.17, 15) is 9.59 Å². The topological polar surface area (TPSA) is 86.4 Å². The Bertz CT molecular complexity index is 894. The zero-order valence-corrected chi connectivity index (χ0v) is 17.4. The first-order valence-corrected chi connectivity index (χ1v) is 10.7. The van der Waals surface area contributed by atoms with Crippen molar-refractivity contribution >= 4 is 23.4 Å². The zero-order chi connectivity index (χ0) is 20.9. The molecule has 1 aromatic carbocycles. The third kappa shape index (κ3) is 4.80. The molecule has 158 valence electrons. The molecule has 3 unspecified atom stereocenters. The number of hydrogen-bond donors (Lipinski definition) is 3. The Labute approximate surface area is 181 Å². The number of pyridine rings is 1. The molecular weight excluding hydrogens is 402 g/mol. The van der Waals surface area contributed by atoms with Gasteiger partial charge in [-0.05, 0) is 42.5 Å². The Morgan fingerprint density at radius 1 is 1.20 bits per heavy atom. The minimum Gasteiger partial charge on any atom is -0.352 e. The van der Waals surface area contributed by atoms with E-state index in [-0.39, 0.29) is 29.8 Å². The lowest BCUT2D eigenvalue weighted by Gasteiger charge is -2.33. The molecular formula is C22H26ClN5O2. The van der Waals surface area contributed by atoms with Gasteiger partial charge in [0.1, 0.15) is 6.04 Å². The number of benzene rings is 1. The SMILES string of the molecule is O=C(NCc1ccccc1Cl)C1CCCN(C(=O)C2CC(c3cccnc3)NN2)C1. The highest BCUT2D eigenvalue weighted by molar-refractivity contribution is 6.31. The first kappa shape index (κ1) is 20.8. The lowest BCUT2D eigenvalue weighted by atomic mass is 9.95. The number of nitrogens with zero attached hydrogens (tertiary/aromatic N) is 2. The Morgan fingerprint density at radius 2 is 2.07 bits per heavy atom. The fraction of sp³-hybridized carbons (Fsp3) is 0.409. The molecule has 2 fully saturated rings. The predicted molar refractivity (Wildman–Crippen MR) is 114 cm³/mol. The average molecular weight is 428 g/mol. The number of piperidine rings is 1. The highest BCUT2D eigenvalue weighted by atomic mass is 35.5. The summed E-state index contributed by atoms with van der Waals surface area (Å²) in [4.78, 5) is 31.7. The molecule has 2 saturated heterocycles. The van der Waals surface area contributed by atoms with Crippen molar-refractivity contribution in [2.75, 3.05) is 13.1 Å². The van der Waals surface area contributed by atoms with Crippen LogP contribution in [0.5, 0.6) is 0 Å². The van der Waals surface area contributed by atoms with Gasteiger partial charge in [-0.3, -0.25) is 14.6 Å². The number of nitrogens with one attached hydrogen (secondary N) is 3. The van der Waals surface area contributed by atoms with Crippen LogP contribution in [0.3, 0.4) is 0 Å². The molecule has 8 heteroatoms. The average Bonchev–Trinajstić information content (AvgIpc) is 3.29. The standard InChI is InChI=1S/C22H26ClN5O2/c23-18-8-2-1-5-15(18)13-25-21(29)17-7-4-10-28(14-17)22(30)20-11-19(26-27-20)16-6-3-9-24-12-16/h1-3,5-6,8-9,12,17,19-20,26-27H,4,7,10-11,13-14H2,(H,25,29). The maximum absolute atomic E-state index is 13.0. The summed E-state index contributed by atoms with van der Waals surface area (Å²) in [5.41, 5.74) is 8.25. The quantitative estimate of drug-likeness (QED) is 0.681. The molecule has 3 heterocycles. The van der Waals surface area contributed by atoms with E-state index >= 15 is 0 Å². The van der Waals surface area contributed by atoms with Crippen molar-refractivity contribution in [3.63, 3.8) is 0 Å². The van der Waals surface area contributed by atoms with E-state index in [1.807, 2.05) is 47.5 Å². The third-order valence-electron chi connectivity index (χ3n) is 5.80. The zero-order valence-electron chi connectivity index (χ0n) is 16.7. The van der Waals surface area contributed by atoms with Crippen molar-refractivity contribution in [1.82, 2.24) is 26.1 Å². The molecule has 0 saturated carbocycles. The number of hydrogen-bond acceptors (Lipinski definition) is 5. The second kappa shape index (κ2) is 9.55. The molecule has 0 aliphatic carbocycles. The molecule has 2 aliphatic heterocycles. The van der Waals surface area contributed by atoms with Gasteiger partial charge in [0.25, 0.3) is 0 Å². The van der Waals surface area contributed by atoms with Gasteiger partial charge in [-0.25, -0.2) is 10.9 Å². The third-order valence-corrected chi connectivity index (χ3v) is 6.17. The van der Waals surface area contributed by atoms with E-state index in [1.54, 1.807) is 6.20 Å². The van der Waals surface area contributed by atoms with Crippen LogP contribution in [0.2, 0.25) is 5.02 Å². The predicted octanol–water partition coefficient (Wildman–Crippen LogP) is 2.20. The second-order valence-electron chi connectivity index (χ2n) is 7.85. The van der Waals surface area contributed by atoms with Gasteiger partial charge >= 0.3 is 0 Å². The first-order chi connectivity index (χ1) is 14.6. The first-order valence-electron chi connectivity index (χ1n) is 10.3. The molecule has 4 rings (SSSR count). The number of rotatable bonds is 5. The van der Waals surface area contributed by atoms with Gasteiger partial charge in [-0.15, -0.1) is 0 Å². The number of carbonyl (C=O) groups is 2. The molecule has 3 atom stereocenters. The molecule has 0 bridgehead atoms. The van der Waals surface area contributed by atoms with Crippen LogP contribution < -0.4 is 16.2 Å². The van der Waals surface area contributed by atoms with Crippen LogP contribution >= 0.6 is 11.6 Å². The lowest BCUT2D eigenvalue weighted by molar-refractivity contribution is -0.137. The Morgan fingerprint density at radius 3 is 2.87 bits per heavy atom. The van der Waals surface area contributed by atoms with Gasteiger partial charge in [0.05, 0.1) is 5.92 Å². The lowest BCUT2D eigenvalue weighted by Crippen LogP contribution is -2.51. The molecule has 3 N–H and O–H groups in total. The van der Waals surface area contributed by atoms with Crippen molar-refractivity contribution < 1.29 is 9.59 Å². The van der Waals surface area contributed by atoms with Gasteiger partial charge in [0.15, 0.2) is 0 Å². The smallest absolute Gasteiger partial charge is 0.241 e. The Kier molecular flexibility index (Phi) is 6.62. The highest BCUT2D eigenvalue weighted by Gasteiger charge is 2.36. The van der Waals surface area contributed by atoms with E-state index in [1.165, 1.54) is 0 Å². The van der Waals surface area contributed by atoms with Crippen LogP contribution in [0.4, 0.5) is 0 Å². The number of amides is 2. The van der Waals surface area contributed by atoms with E-state index in [0.717, 1.165) is 24.0 Å². The number of likely N-dealkylation sites (tertiary alicyclic amines) is 1. The molecule has 2 aromatic rings. The number of hydrazine groups is 1. The van der Waals surface area contributed by atoms with E-state index < -0.39 is 0 Å². The van der Waals surface area contributed by atoms with Crippen LogP contribution in [0, 0.1) is 5.92 Å². The van der Waals surface area contributed by atoms with Crippen LogP contribution in [0.25, 0.3) is 0 Å². The maximum atomic E-state index is 13.0. The number of carbonyl (C=O) groups excluding carboxylic acids is 2. The summed E-state index contributed by atoms with van der Waals surface area (Å²) >= 11 is 6.17. The van der Waals surface area contributed by atoms with E-state index in [0.29, 0.717) is 31.1 Å². The summed E-state index contributed by atoms with van der Waals surface area (Å²) in [5, 5.41) is 3.61. The van der Waals surface area contributed by atoms with E-state index in [4.69, 9.17) is 11.6 Å². The molecule has 30 heavy (non-hydrogen) atoms. The van der Waals surface area contributed by atoms with E-state index in [2.05, 4.69) is 21.2 Å². The molecule has 0 spiro atoms. The van der Waals surface area contributed by atoms with Gasteiger partial charge < -0.3 is 10.2 Å². The van der Waals surface area contributed by atoms with Crippen molar-refractivity contribution in [3.05, 3.63) is 64.9 Å². The minimum absolute atomic E-state index is 0.0295. The summed E-state index contributed by atoms with van der Waals surface area (Å²) in [6.45, 7) is 1.52. The van der Waals surface area contributed by atoms with Crippen molar-refractivity contribution in [2.24, 2.45) is 5.92 Å². The molecule has 7 nitrogen and oxygen atoms in total. The molecule has 0 radical (unpaired) electrons. The second-order valence-corrected chi connectivity index (χ2v) is 8.26. The van der Waals surface area contributed by atoms with Crippen LogP contribution in [0.1, 0.15) is 36.4 Å². The maximum Gasteiger partial charge on any atom is 0.241 e. The fourth-order valence-electron chi connectivity index (χ4n) is 4.10. The molecule has 1 aromatic heterocycles. The van der Waals surface area contributed by atoms with Gasteiger partial charge in [0.2, 0.25) is 11.8 Å². The van der Waals surface area contributed by atoms with Gasteiger partial charge in [-0.1, -0.05) is 35.9 Å². The Balaban J connectivity index is 1.30. The summed E-state index contributed by atoms with van der Waals surface area (Å²) in [7, 11) is 0. The normalized spacial score (nSPS) is 23.9. The molecule has 2 amide bonds. The number of halogens is 1. The summed E-state index contributed by atoms with van der Waals surface area (Å²) in [6, 6.07) is 11.1.